The number of aliphatic hydroxyl groups excluding tert-OH is 1. The van der Waals surface area contributed by atoms with E-state index in [-0.39, 0.29) is 12.6 Å². The third-order valence-electron chi connectivity index (χ3n) is 2.12. The Bertz CT molecular complexity index is 373. The van der Waals surface area contributed by atoms with E-state index >= 15 is 0 Å². The topological polar surface area (TPSA) is 56.0 Å². The normalized spacial score (nSPS) is 12.1. The number of halogens is 1. The van der Waals surface area contributed by atoms with Gasteiger partial charge in [-0.15, -0.1) is 0 Å². The van der Waals surface area contributed by atoms with Crippen molar-refractivity contribution in [3.05, 3.63) is 33.8 Å². The molecule has 0 aliphatic carbocycles. The molecule has 2 N–H and O–H groups in total. The average Bonchev–Trinajstić information content (AvgIpc) is 2.24. The van der Waals surface area contributed by atoms with Crippen molar-refractivity contribution >= 4 is 15.9 Å². The molecule has 0 spiro atoms. The summed E-state index contributed by atoms with van der Waals surface area (Å²) in [6.45, 7) is 2.45. The third kappa shape index (κ3) is 3.31. The van der Waals surface area contributed by atoms with Crippen LogP contribution in [0.5, 0.6) is 0 Å². The molecule has 0 aliphatic rings. The lowest BCUT2D eigenvalue weighted by molar-refractivity contribution is 0.289. The first-order chi connectivity index (χ1) is 7.19. The molecule has 1 unspecified atom stereocenters. The van der Waals surface area contributed by atoms with E-state index in [2.05, 4.69) is 27.3 Å². The Morgan fingerprint density at radius 1 is 1.60 bits per heavy atom. The molecule has 4 heteroatoms. The van der Waals surface area contributed by atoms with E-state index in [0.29, 0.717) is 6.54 Å². The van der Waals surface area contributed by atoms with Gasteiger partial charge in [-0.1, -0.05) is 28.1 Å². The van der Waals surface area contributed by atoms with Crippen molar-refractivity contribution in [3.8, 4) is 6.07 Å². The van der Waals surface area contributed by atoms with E-state index in [0.717, 1.165) is 15.6 Å². The molecular weight excluding hydrogens is 256 g/mol. The molecule has 1 aromatic carbocycles. The van der Waals surface area contributed by atoms with Gasteiger partial charge >= 0.3 is 0 Å². The standard InChI is InChI=1S/C11H13BrN2O/c1-8-2-3-9(6-10(8)12)11(7-13)14-4-5-15/h2-3,6,11,14-15H,4-5H2,1H3. The molecule has 0 aliphatic heterocycles. The maximum absolute atomic E-state index is 8.96. The minimum Gasteiger partial charge on any atom is -0.395 e. The fraction of sp³-hybridized carbons (Fsp3) is 0.364. The first-order valence-electron chi connectivity index (χ1n) is 4.69. The Labute approximate surface area is 97.9 Å². The van der Waals surface area contributed by atoms with Gasteiger partial charge in [0.2, 0.25) is 0 Å². The van der Waals surface area contributed by atoms with Crippen LogP contribution in [0.25, 0.3) is 0 Å². The molecule has 0 heterocycles. The Kier molecular flexibility index (Phi) is 4.76. The fourth-order valence-corrected chi connectivity index (χ4v) is 1.63. The zero-order chi connectivity index (χ0) is 11.3. The summed E-state index contributed by atoms with van der Waals surface area (Å²) in [4.78, 5) is 0. The number of hydrogen-bond donors (Lipinski definition) is 2. The number of nitrogens with zero attached hydrogens (tertiary/aromatic N) is 1. The Balaban J connectivity index is 2.84. The maximum atomic E-state index is 8.96. The second kappa shape index (κ2) is 5.86. The van der Waals surface area contributed by atoms with Crippen molar-refractivity contribution < 1.29 is 5.11 Å². The summed E-state index contributed by atoms with van der Waals surface area (Å²) in [5, 5.41) is 20.6. The largest absolute Gasteiger partial charge is 0.395 e. The van der Waals surface area contributed by atoms with Crippen LogP contribution in [0.4, 0.5) is 0 Å². The highest BCUT2D eigenvalue weighted by molar-refractivity contribution is 9.10. The summed E-state index contributed by atoms with van der Waals surface area (Å²) < 4.78 is 0.992. The highest BCUT2D eigenvalue weighted by atomic mass is 79.9. The zero-order valence-corrected chi connectivity index (χ0v) is 10.1. The van der Waals surface area contributed by atoms with Gasteiger partial charge in [-0.3, -0.25) is 5.32 Å². The summed E-state index contributed by atoms with van der Waals surface area (Å²) in [6, 6.07) is 7.59. The van der Waals surface area contributed by atoms with E-state index in [1.54, 1.807) is 0 Å². The van der Waals surface area contributed by atoms with Gasteiger partial charge in [0.25, 0.3) is 0 Å². The third-order valence-corrected chi connectivity index (χ3v) is 2.97. The van der Waals surface area contributed by atoms with Crippen LogP contribution in [0.15, 0.2) is 22.7 Å². The first-order valence-corrected chi connectivity index (χ1v) is 5.48. The number of aryl methyl sites for hydroxylation is 1. The van der Waals surface area contributed by atoms with Gasteiger partial charge in [0.05, 0.1) is 12.7 Å². The summed E-state index contributed by atoms with van der Waals surface area (Å²) in [6.07, 6.45) is 0. The van der Waals surface area contributed by atoms with Crippen molar-refractivity contribution in [1.82, 2.24) is 5.32 Å². The minimum atomic E-state index is -0.367. The Morgan fingerprint density at radius 2 is 2.33 bits per heavy atom. The fourth-order valence-electron chi connectivity index (χ4n) is 1.24. The molecule has 0 amide bonds. The van der Waals surface area contributed by atoms with Crippen molar-refractivity contribution in [2.75, 3.05) is 13.2 Å². The second-order valence-corrected chi connectivity index (χ2v) is 4.10. The zero-order valence-electron chi connectivity index (χ0n) is 8.50. The van der Waals surface area contributed by atoms with Gasteiger partial charge in [-0.2, -0.15) is 5.26 Å². The van der Waals surface area contributed by atoms with E-state index in [4.69, 9.17) is 10.4 Å². The minimum absolute atomic E-state index is 0.0329. The second-order valence-electron chi connectivity index (χ2n) is 3.25. The van der Waals surface area contributed by atoms with Crippen LogP contribution in [-0.4, -0.2) is 18.3 Å². The monoisotopic (exact) mass is 268 g/mol. The quantitative estimate of drug-likeness (QED) is 0.877. The number of aliphatic hydroxyl groups is 1. The predicted octanol–water partition coefficient (Wildman–Crippen LogP) is 1.90. The molecular formula is C11H13BrN2O. The molecule has 0 radical (unpaired) electrons. The molecule has 1 rings (SSSR count). The van der Waals surface area contributed by atoms with Gasteiger partial charge in [0, 0.05) is 11.0 Å². The SMILES string of the molecule is Cc1ccc(C(C#N)NCCO)cc1Br. The number of hydrogen-bond acceptors (Lipinski definition) is 3. The number of rotatable bonds is 4. The van der Waals surface area contributed by atoms with Crippen LogP contribution >= 0.6 is 15.9 Å². The highest BCUT2D eigenvalue weighted by Crippen LogP contribution is 2.21. The van der Waals surface area contributed by atoms with Gasteiger partial charge < -0.3 is 5.11 Å². The molecule has 0 saturated heterocycles. The Morgan fingerprint density at radius 3 is 2.87 bits per heavy atom. The van der Waals surface area contributed by atoms with Crippen LogP contribution < -0.4 is 5.32 Å². The molecule has 3 nitrogen and oxygen atoms in total. The molecule has 1 atom stereocenters. The van der Waals surface area contributed by atoms with Crippen molar-refractivity contribution in [1.29, 1.82) is 5.26 Å². The lowest BCUT2D eigenvalue weighted by Crippen LogP contribution is -2.23. The lowest BCUT2D eigenvalue weighted by atomic mass is 10.1. The summed E-state index contributed by atoms with van der Waals surface area (Å²) in [5.74, 6) is 0. The van der Waals surface area contributed by atoms with Crippen molar-refractivity contribution in [3.63, 3.8) is 0 Å². The lowest BCUT2D eigenvalue weighted by Gasteiger charge is -2.11. The molecule has 0 fully saturated rings. The highest BCUT2D eigenvalue weighted by Gasteiger charge is 2.09. The van der Waals surface area contributed by atoms with Crippen LogP contribution in [0.2, 0.25) is 0 Å². The van der Waals surface area contributed by atoms with Crippen LogP contribution in [0, 0.1) is 18.3 Å². The van der Waals surface area contributed by atoms with Crippen molar-refractivity contribution in [2.45, 2.75) is 13.0 Å². The average molecular weight is 269 g/mol. The number of nitrogens with one attached hydrogen (secondary N) is 1. The summed E-state index contributed by atoms with van der Waals surface area (Å²) in [5.41, 5.74) is 2.04. The molecule has 1 aromatic rings. The van der Waals surface area contributed by atoms with Gasteiger partial charge in [-0.05, 0) is 24.1 Å². The van der Waals surface area contributed by atoms with E-state index in [1.165, 1.54) is 0 Å². The molecule has 0 saturated carbocycles. The molecule has 0 bridgehead atoms. The van der Waals surface area contributed by atoms with Gasteiger partial charge in [0.15, 0.2) is 0 Å². The summed E-state index contributed by atoms with van der Waals surface area (Å²) in [7, 11) is 0. The number of benzene rings is 1. The predicted molar refractivity (Wildman–Crippen MR) is 62.3 cm³/mol. The van der Waals surface area contributed by atoms with Gasteiger partial charge in [0.1, 0.15) is 6.04 Å². The van der Waals surface area contributed by atoms with E-state index in [9.17, 15) is 0 Å². The van der Waals surface area contributed by atoms with E-state index in [1.807, 2.05) is 25.1 Å². The number of nitriles is 1. The van der Waals surface area contributed by atoms with Crippen LogP contribution in [-0.2, 0) is 0 Å². The van der Waals surface area contributed by atoms with Crippen LogP contribution in [0.1, 0.15) is 17.2 Å². The van der Waals surface area contributed by atoms with Crippen molar-refractivity contribution in [2.24, 2.45) is 0 Å². The smallest absolute Gasteiger partial charge is 0.121 e. The molecule has 15 heavy (non-hydrogen) atoms. The van der Waals surface area contributed by atoms with Gasteiger partial charge in [-0.25, -0.2) is 0 Å². The van der Waals surface area contributed by atoms with E-state index < -0.39 is 0 Å². The Hall–Kier alpha value is -0.890. The molecule has 80 valence electrons. The molecule has 0 aromatic heterocycles. The summed E-state index contributed by atoms with van der Waals surface area (Å²) >= 11 is 3.43. The maximum Gasteiger partial charge on any atom is 0.121 e. The van der Waals surface area contributed by atoms with Crippen LogP contribution in [0.3, 0.4) is 0 Å². The first kappa shape index (κ1) is 12.2.